The summed E-state index contributed by atoms with van der Waals surface area (Å²) in [5, 5.41) is 14.8. The molecule has 1 aliphatic rings. The predicted molar refractivity (Wildman–Crippen MR) is 131 cm³/mol. The van der Waals surface area contributed by atoms with Crippen molar-refractivity contribution < 1.29 is 34.0 Å². The Hall–Kier alpha value is -3.63. The molecule has 0 fully saturated rings. The van der Waals surface area contributed by atoms with Gasteiger partial charge in [0.05, 0.1) is 7.11 Å². The first kappa shape index (κ1) is 26.0. The Labute approximate surface area is 211 Å². The first-order valence-electron chi connectivity index (χ1n) is 10.6. The zero-order chi connectivity index (χ0) is 25.2. The van der Waals surface area contributed by atoms with Gasteiger partial charge in [-0.05, 0) is 53.9 Å². The zero-order valence-electron chi connectivity index (χ0n) is 19.0. The second kappa shape index (κ2) is 12.7. The number of aliphatic carboxylic acids is 2. The van der Waals surface area contributed by atoms with Gasteiger partial charge < -0.3 is 24.4 Å². The van der Waals surface area contributed by atoms with Crippen molar-refractivity contribution in [1.82, 2.24) is 9.88 Å². The molecule has 0 radical (unpaired) electrons. The van der Waals surface area contributed by atoms with E-state index in [0.717, 1.165) is 53.3 Å². The third kappa shape index (κ3) is 7.97. The Bertz CT molecular complexity index is 1150. The summed E-state index contributed by atoms with van der Waals surface area (Å²) in [5.74, 6) is -1.10. The van der Waals surface area contributed by atoms with Crippen LogP contribution in [0.5, 0.6) is 17.2 Å². The Morgan fingerprint density at radius 1 is 1.03 bits per heavy atom. The van der Waals surface area contributed by atoms with Crippen LogP contribution in [0.2, 0.25) is 0 Å². The fraction of sp³-hybridized carbons (Fsp3) is 0.240. The molecule has 0 atom stereocenters. The molecule has 4 rings (SSSR count). The van der Waals surface area contributed by atoms with E-state index in [1.807, 2.05) is 30.5 Å². The number of hydrogen-bond acceptors (Lipinski definition) is 7. The Morgan fingerprint density at radius 2 is 1.80 bits per heavy atom. The van der Waals surface area contributed by atoms with Crippen molar-refractivity contribution in [2.24, 2.45) is 0 Å². The maximum atomic E-state index is 9.10. The second-order valence-corrected chi connectivity index (χ2v) is 8.49. The molecule has 9 nitrogen and oxygen atoms in total. The molecule has 0 bridgehead atoms. The van der Waals surface area contributed by atoms with Crippen LogP contribution in [0.3, 0.4) is 0 Å². The number of carboxylic acids is 2. The van der Waals surface area contributed by atoms with Crippen LogP contribution in [0, 0.1) is 0 Å². The van der Waals surface area contributed by atoms with Gasteiger partial charge in [-0.15, -0.1) is 0 Å². The third-order valence-corrected chi connectivity index (χ3v) is 5.60. The van der Waals surface area contributed by atoms with Gasteiger partial charge in [0, 0.05) is 42.1 Å². The first-order chi connectivity index (χ1) is 16.9. The normalized spacial score (nSPS) is 11.5. The molecule has 35 heavy (non-hydrogen) atoms. The summed E-state index contributed by atoms with van der Waals surface area (Å²) in [4.78, 5) is 24.9. The van der Waals surface area contributed by atoms with Crippen molar-refractivity contribution in [3.8, 4) is 17.2 Å². The van der Waals surface area contributed by atoms with Crippen LogP contribution >= 0.6 is 15.9 Å². The number of nitrogens with zero attached hydrogens (tertiary/aromatic N) is 2. The van der Waals surface area contributed by atoms with Gasteiger partial charge in [0.15, 0.2) is 11.5 Å². The highest BCUT2D eigenvalue weighted by Crippen LogP contribution is 2.33. The van der Waals surface area contributed by atoms with Crippen molar-refractivity contribution in [1.29, 1.82) is 0 Å². The molecule has 2 N–H and O–H groups in total. The lowest BCUT2D eigenvalue weighted by molar-refractivity contribution is -0.159. The number of ether oxygens (including phenoxy) is 3. The van der Waals surface area contributed by atoms with Crippen molar-refractivity contribution in [3.05, 3.63) is 82.1 Å². The van der Waals surface area contributed by atoms with E-state index < -0.39 is 11.9 Å². The lowest BCUT2D eigenvalue weighted by atomic mass is 10.1. The summed E-state index contributed by atoms with van der Waals surface area (Å²) >= 11 is 3.58. The third-order valence-electron chi connectivity index (χ3n) is 5.10. The number of aromatic nitrogens is 1. The molecule has 0 spiro atoms. The van der Waals surface area contributed by atoms with Gasteiger partial charge in [0.25, 0.3) is 0 Å². The molecular formula is C25H25BrN2O7. The zero-order valence-corrected chi connectivity index (χ0v) is 20.6. The molecule has 0 amide bonds. The number of methoxy groups -OCH3 is 1. The molecule has 0 saturated carbocycles. The number of carbonyl (C=O) groups is 2. The number of hydrogen-bond donors (Lipinski definition) is 2. The lowest BCUT2D eigenvalue weighted by Gasteiger charge is -2.24. The van der Waals surface area contributed by atoms with E-state index in [9.17, 15) is 0 Å². The van der Waals surface area contributed by atoms with Crippen LogP contribution in [0.25, 0.3) is 0 Å². The molecular weight excluding hydrogens is 520 g/mol. The second-order valence-electron chi connectivity index (χ2n) is 7.58. The SMILES string of the molecule is COc1ccc(Br)cc1CN(CCc1ccc2c(c1)OCO2)Cc1cccnc1.O=C(O)C(=O)O. The molecule has 3 aromatic rings. The molecule has 0 saturated heterocycles. The van der Waals surface area contributed by atoms with Crippen molar-refractivity contribution in [2.45, 2.75) is 19.5 Å². The number of rotatable bonds is 8. The molecule has 2 aromatic carbocycles. The lowest BCUT2D eigenvalue weighted by Crippen LogP contribution is -2.25. The number of pyridine rings is 1. The van der Waals surface area contributed by atoms with Crippen molar-refractivity contribution >= 4 is 27.9 Å². The Morgan fingerprint density at radius 3 is 2.49 bits per heavy atom. The molecule has 2 heterocycles. The highest BCUT2D eigenvalue weighted by molar-refractivity contribution is 9.10. The average molecular weight is 545 g/mol. The highest BCUT2D eigenvalue weighted by atomic mass is 79.9. The molecule has 184 valence electrons. The first-order valence-corrected chi connectivity index (χ1v) is 11.4. The fourth-order valence-electron chi connectivity index (χ4n) is 3.46. The quantitative estimate of drug-likeness (QED) is 0.405. The maximum absolute atomic E-state index is 9.10. The highest BCUT2D eigenvalue weighted by Gasteiger charge is 2.15. The topological polar surface area (TPSA) is 118 Å². The van der Waals surface area contributed by atoms with E-state index in [1.54, 1.807) is 13.3 Å². The van der Waals surface area contributed by atoms with Crippen molar-refractivity contribution in [2.75, 3.05) is 20.4 Å². The maximum Gasteiger partial charge on any atom is 0.414 e. The minimum absolute atomic E-state index is 0.300. The van der Waals surface area contributed by atoms with Gasteiger partial charge in [-0.3, -0.25) is 9.88 Å². The van der Waals surface area contributed by atoms with Gasteiger partial charge in [0.2, 0.25) is 6.79 Å². The van der Waals surface area contributed by atoms with E-state index in [2.05, 4.69) is 50.1 Å². The summed E-state index contributed by atoms with van der Waals surface area (Å²) in [6.07, 6.45) is 4.64. The van der Waals surface area contributed by atoms with Crippen LogP contribution < -0.4 is 14.2 Å². The van der Waals surface area contributed by atoms with Gasteiger partial charge in [-0.1, -0.05) is 28.1 Å². The Kier molecular flexibility index (Phi) is 9.45. The molecule has 10 heteroatoms. The summed E-state index contributed by atoms with van der Waals surface area (Å²) in [7, 11) is 1.71. The van der Waals surface area contributed by atoms with Gasteiger partial charge in [0.1, 0.15) is 5.75 Å². The average Bonchev–Trinajstić information content (AvgIpc) is 3.32. The van der Waals surface area contributed by atoms with Crippen LogP contribution in [0.15, 0.2) is 65.4 Å². The summed E-state index contributed by atoms with van der Waals surface area (Å²) in [6.45, 7) is 2.79. The monoisotopic (exact) mass is 544 g/mol. The van der Waals surface area contributed by atoms with E-state index in [1.165, 1.54) is 11.1 Å². The minimum Gasteiger partial charge on any atom is -0.496 e. The minimum atomic E-state index is -1.82. The Balaban J connectivity index is 0.000000509. The molecule has 0 aliphatic carbocycles. The van der Waals surface area contributed by atoms with Crippen molar-refractivity contribution in [3.63, 3.8) is 0 Å². The summed E-state index contributed by atoms with van der Waals surface area (Å²) in [6, 6.07) is 16.4. The predicted octanol–water partition coefficient (Wildman–Crippen LogP) is 3.98. The largest absolute Gasteiger partial charge is 0.496 e. The van der Waals surface area contributed by atoms with Crippen LogP contribution in [-0.4, -0.2) is 52.5 Å². The van der Waals surface area contributed by atoms with Gasteiger partial charge in [-0.2, -0.15) is 0 Å². The molecule has 1 aliphatic heterocycles. The summed E-state index contributed by atoms with van der Waals surface area (Å²) < 4.78 is 17.6. The molecule has 0 unspecified atom stereocenters. The number of halogens is 1. The van der Waals surface area contributed by atoms with Gasteiger partial charge >= 0.3 is 11.9 Å². The number of fused-ring (bicyclic) bond motifs is 1. The van der Waals surface area contributed by atoms with E-state index in [4.69, 9.17) is 34.0 Å². The van der Waals surface area contributed by atoms with Crippen LogP contribution in [0.4, 0.5) is 0 Å². The fourth-order valence-corrected chi connectivity index (χ4v) is 3.87. The van der Waals surface area contributed by atoms with Gasteiger partial charge in [-0.25, -0.2) is 9.59 Å². The number of benzene rings is 2. The van der Waals surface area contributed by atoms with Crippen LogP contribution in [-0.2, 0) is 29.1 Å². The number of carboxylic acid groups (broad SMARTS) is 2. The van der Waals surface area contributed by atoms with E-state index in [0.29, 0.717) is 6.79 Å². The summed E-state index contributed by atoms with van der Waals surface area (Å²) in [5.41, 5.74) is 3.57. The van der Waals surface area contributed by atoms with E-state index >= 15 is 0 Å². The van der Waals surface area contributed by atoms with Crippen LogP contribution in [0.1, 0.15) is 16.7 Å². The molecule has 1 aromatic heterocycles. The van der Waals surface area contributed by atoms with E-state index in [-0.39, 0.29) is 0 Å². The smallest absolute Gasteiger partial charge is 0.414 e. The standard InChI is InChI=1S/C23H23BrN2O3.C2H2O4/c1-27-21-7-5-20(24)12-19(21)15-26(14-18-3-2-9-25-13-18)10-8-17-4-6-22-23(11-17)29-16-28-22;3-1(4)2(5)6/h2-7,9,11-13H,8,10,14-16H2,1H3;(H,3,4)(H,5,6).